The summed E-state index contributed by atoms with van der Waals surface area (Å²) in [5.74, 6) is 0. The molecule has 0 aliphatic heterocycles. The second-order valence-corrected chi connectivity index (χ2v) is 5.48. The summed E-state index contributed by atoms with van der Waals surface area (Å²) in [5.41, 5.74) is 3.87. The molecule has 0 saturated heterocycles. The number of aromatic nitrogens is 1. The zero-order chi connectivity index (χ0) is 13.5. The van der Waals surface area contributed by atoms with E-state index in [-0.39, 0.29) is 0 Å². The Morgan fingerprint density at radius 2 is 1.70 bits per heavy atom. The Morgan fingerprint density at radius 1 is 0.900 bits per heavy atom. The normalized spacial score (nSPS) is 13.7. The SMILES string of the molecule is Cc1ccc2c3c(n(-c4ccccc4)c2c1)=CCCC=3. The van der Waals surface area contributed by atoms with Crippen molar-refractivity contribution in [2.24, 2.45) is 0 Å². The van der Waals surface area contributed by atoms with E-state index >= 15 is 0 Å². The van der Waals surface area contributed by atoms with Gasteiger partial charge in [0.05, 0.1) is 5.52 Å². The van der Waals surface area contributed by atoms with Gasteiger partial charge in [-0.2, -0.15) is 0 Å². The fourth-order valence-corrected chi connectivity index (χ4v) is 3.16. The van der Waals surface area contributed by atoms with Gasteiger partial charge in [0, 0.05) is 21.6 Å². The highest BCUT2D eigenvalue weighted by molar-refractivity contribution is 5.85. The topological polar surface area (TPSA) is 4.93 Å². The van der Waals surface area contributed by atoms with Crippen LogP contribution in [0.25, 0.3) is 28.7 Å². The molecular weight excluding hydrogens is 242 g/mol. The largest absolute Gasteiger partial charge is 0.310 e. The van der Waals surface area contributed by atoms with Crippen LogP contribution in [0.15, 0.2) is 48.5 Å². The number of para-hydroxylation sites is 1. The maximum atomic E-state index is 2.40. The molecule has 0 unspecified atom stereocenters. The molecule has 20 heavy (non-hydrogen) atoms. The molecule has 1 nitrogen and oxygen atoms in total. The zero-order valence-electron chi connectivity index (χ0n) is 11.6. The molecule has 0 fully saturated rings. The highest BCUT2D eigenvalue weighted by Gasteiger charge is 2.10. The highest BCUT2D eigenvalue weighted by atomic mass is 15.0. The second kappa shape index (κ2) is 4.38. The minimum absolute atomic E-state index is 1.13. The summed E-state index contributed by atoms with van der Waals surface area (Å²) in [6, 6.07) is 17.4. The van der Waals surface area contributed by atoms with Gasteiger partial charge in [-0.15, -0.1) is 0 Å². The maximum absolute atomic E-state index is 2.40. The molecule has 3 aromatic rings. The summed E-state index contributed by atoms with van der Waals surface area (Å²) in [4.78, 5) is 0. The number of hydrogen-bond donors (Lipinski definition) is 0. The van der Waals surface area contributed by atoms with E-state index in [2.05, 4.69) is 72.2 Å². The first kappa shape index (κ1) is 11.5. The predicted molar refractivity (Wildman–Crippen MR) is 85.4 cm³/mol. The van der Waals surface area contributed by atoms with Crippen molar-refractivity contribution in [2.75, 3.05) is 0 Å². The van der Waals surface area contributed by atoms with E-state index in [1.54, 1.807) is 0 Å². The average Bonchev–Trinajstić information content (AvgIpc) is 2.81. The molecule has 0 spiro atoms. The van der Waals surface area contributed by atoms with Crippen LogP contribution < -0.4 is 10.6 Å². The van der Waals surface area contributed by atoms with Gasteiger partial charge in [0.1, 0.15) is 0 Å². The summed E-state index contributed by atoms with van der Waals surface area (Å²) < 4.78 is 2.40. The molecule has 1 aliphatic carbocycles. The molecule has 0 bridgehead atoms. The predicted octanol–water partition coefficient (Wildman–Crippen LogP) is 3.29. The van der Waals surface area contributed by atoms with Gasteiger partial charge < -0.3 is 4.57 Å². The van der Waals surface area contributed by atoms with Crippen molar-refractivity contribution in [2.45, 2.75) is 19.8 Å². The molecule has 0 saturated carbocycles. The van der Waals surface area contributed by atoms with E-state index < -0.39 is 0 Å². The van der Waals surface area contributed by atoms with Crippen molar-refractivity contribution in [3.63, 3.8) is 0 Å². The van der Waals surface area contributed by atoms with E-state index in [1.165, 1.54) is 32.7 Å². The van der Waals surface area contributed by atoms with Crippen molar-refractivity contribution in [3.8, 4) is 5.69 Å². The summed E-state index contributed by atoms with van der Waals surface area (Å²) in [6.07, 6.45) is 7.04. The lowest BCUT2D eigenvalue weighted by molar-refractivity contribution is 1.02. The fourth-order valence-electron chi connectivity index (χ4n) is 3.16. The van der Waals surface area contributed by atoms with Crippen molar-refractivity contribution in [1.29, 1.82) is 0 Å². The van der Waals surface area contributed by atoms with Crippen molar-refractivity contribution in [3.05, 3.63) is 64.7 Å². The third-order valence-electron chi connectivity index (χ3n) is 4.07. The van der Waals surface area contributed by atoms with Gasteiger partial charge in [-0.05, 0) is 43.5 Å². The number of nitrogens with zero attached hydrogens (tertiary/aromatic N) is 1. The Balaban J connectivity index is 2.23. The number of rotatable bonds is 1. The molecule has 0 atom stereocenters. The third kappa shape index (κ3) is 1.63. The van der Waals surface area contributed by atoms with E-state index in [0.717, 1.165) is 12.8 Å². The molecule has 2 aromatic carbocycles. The number of hydrogen-bond acceptors (Lipinski definition) is 0. The summed E-state index contributed by atoms with van der Waals surface area (Å²) in [7, 11) is 0. The molecular formula is C19H17N. The first-order chi connectivity index (χ1) is 9.84. The van der Waals surface area contributed by atoms with Crippen LogP contribution in [0.2, 0.25) is 0 Å². The fraction of sp³-hybridized carbons (Fsp3) is 0.158. The Labute approximate surface area is 118 Å². The van der Waals surface area contributed by atoms with E-state index in [0.29, 0.717) is 0 Å². The summed E-state index contributed by atoms with van der Waals surface area (Å²) in [6.45, 7) is 2.16. The van der Waals surface area contributed by atoms with Crippen molar-refractivity contribution >= 4 is 23.1 Å². The Morgan fingerprint density at radius 3 is 2.55 bits per heavy atom. The van der Waals surface area contributed by atoms with E-state index in [1.807, 2.05) is 0 Å². The minimum atomic E-state index is 1.13. The van der Waals surface area contributed by atoms with Crippen LogP contribution in [0.3, 0.4) is 0 Å². The molecule has 1 heterocycles. The van der Waals surface area contributed by atoms with Crippen LogP contribution in [0.1, 0.15) is 18.4 Å². The van der Waals surface area contributed by atoms with Crippen molar-refractivity contribution < 1.29 is 0 Å². The van der Waals surface area contributed by atoms with Gasteiger partial charge in [-0.25, -0.2) is 0 Å². The molecule has 1 heteroatoms. The number of benzene rings is 2. The van der Waals surface area contributed by atoms with Gasteiger partial charge in [-0.1, -0.05) is 42.5 Å². The highest BCUT2D eigenvalue weighted by Crippen LogP contribution is 2.17. The molecule has 0 amide bonds. The van der Waals surface area contributed by atoms with Crippen LogP contribution >= 0.6 is 0 Å². The third-order valence-corrected chi connectivity index (χ3v) is 4.07. The van der Waals surface area contributed by atoms with Gasteiger partial charge in [0.25, 0.3) is 0 Å². The van der Waals surface area contributed by atoms with Crippen LogP contribution in [-0.4, -0.2) is 4.57 Å². The van der Waals surface area contributed by atoms with Gasteiger partial charge in [0.2, 0.25) is 0 Å². The van der Waals surface area contributed by atoms with Crippen LogP contribution in [0.5, 0.6) is 0 Å². The molecule has 1 aliphatic rings. The standard InChI is InChI=1S/C19H17N/c1-14-11-12-17-16-9-5-6-10-18(16)20(19(17)13-14)15-7-3-2-4-8-15/h2-4,7-13H,5-6H2,1H3. The summed E-state index contributed by atoms with van der Waals surface area (Å²) >= 11 is 0. The van der Waals surface area contributed by atoms with Crippen LogP contribution in [0, 0.1) is 6.92 Å². The first-order valence-electron chi connectivity index (χ1n) is 7.21. The lowest BCUT2D eigenvalue weighted by Gasteiger charge is -2.07. The second-order valence-electron chi connectivity index (χ2n) is 5.48. The number of fused-ring (bicyclic) bond motifs is 3. The Kier molecular flexibility index (Phi) is 2.53. The van der Waals surface area contributed by atoms with Gasteiger partial charge in [0.15, 0.2) is 0 Å². The van der Waals surface area contributed by atoms with Gasteiger partial charge in [-0.3, -0.25) is 0 Å². The molecule has 98 valence electrons. The smallest absolute Gasteiger partial charge is 0.0543 e. The summed E-state index contributed by atoms with van der Waals surface area (Å²) in [5, 5.41) is 4.11. The number of aryl methyl sites for hydroxylation is 1. The average molecular weight is 259 g/mol. The molecule has 1 aromatic heterocycles. The first-order valence-corrected chi connectivity index (χ1v) is 7.21. The minimum Gasteiger partial charge on any atom is -0.310 e. The molecule has 0 radical (unpaired) electrons. The monoisotopic (exact) mass is 259 g/mol. The van der Waals surface area contributed by atoms with Crippen molar-refractivity contribution in [1.82, 2.24) is 4.57 Å². The Hall–Kier alpha value is -2.28. The van der Waals surface area contributed by atoms with Crippen LogP contribution in [0.4, 0.5) is 0 Å². The van der Waals surface area contributed by atoms with Gasteiger partial charge >= 0.3 is 0 Å². The molecule has 0 N–H and O–H groups in total. The zero-order valence-corrected chi connectivity index (χ0v) is 11.6. The van der Waals surface area contributed by atoms with E-state index in [9.17, 15) is 0 Å². The molecule has 4 rings (SSSR count). The lowest BCUT2D eigenvalue weighted by atomic mass is 10.1. The van der Waals surface area contributed by atoms with E-state index in [4.69, 9.17) is 0 Å². The quantitative estimate of drug-likeness (QED) is 0.632. The lowest BCUT2D eigenvalue weighted by Crippen LogP contribution is -2.30. The Bertz CT molecular complexity index is 898. The van der Waals surface area contributed by atoms with Crippen LogP contribution in [-0.2, 0) is 0 Å². The maximum Gasteiger partial charge on any atom is 0.0543 e.